The summed E-state index contributed by atoms with van der Waals surface area (Å²) in [5.41, 5.74) is 2.95. The van der Waals surface area contributed by atoms with Crippen LogP contribution in [0.1, 0.15) is 12.0 Å². The van der Waals surface area contributed by atoms with Gasteiger partial charge >= 0.3 is 5.97 Å². The monoisotopic (exact) mass is 324 g/mol. The molecule has 5 heteroatoms. The number of methoxy groups -OCH3 is 1. The molecule has 1 aliphatic rings. The number of allylic oxidation sites excluding steroid dienone is 2. The number of aromatic amines is 1. The molecule has 0 fully saturated rings. The lowest BCUT2D eigenvalue weighted by molar-refractivity contribution is -0.142. The topological polar surface area (TPSA) is 74.7 Å². The maximum Gasteiger partial charge on any atom is 0.330 e. The van der Waals surface area contributed by atoms with Gasteiger partial charge in [0.15, 0.2) is 6.04 Å². The van der Waals surface area contributed by atoms with E-state index in [9.17, 15) is 9.90 Å². The highest BCUT2D eigenvalue weighted by atomic mass is 16.5. The zero-order chi connectivity index (χ0) is 16.9. The summed E-state index contributed by atoms with van der Waals surface area (Å²) in [5, 5.41) is 10.5. The van der Waals surface area contributed by atoms with Gasteiger partial charge < -0.3 is 14.8 Å². The van der Waals surface area contributed by atoms with Gasteiger partial charge in [-0.15, -0.1) is 0 Å². The third-order valence-corrected chi connectivity index (χ3v) is 4.07. The molecule has 0 amide bonds. The van der Waals surface area contributed by atoms with Crippen LogP contribution in [0.15, 0.2) is 59.3 Å². The summed E-state index contributed by atoms with van der Waals surface area (Å²) in [6.07, 6.45) is 9.57. The Balaban J connectivity index is 1.80. The second kappa shape index (κ2) is 7.27. The third-order valence-electron chi connectivity index (χ3n) is 4.07. The number of ether oxygens (including phenoxy) is 1. The highest BCUT2D eigenvalue weighted by molar-refractivity contribution is 5.87. The number of hydrogen-bond acceptors (Lipinski definition) is 4. The van der Waals surface area contributed by atoms with Gasteiger partial charge in [0.05, 0.1) is 13.2 Å². The minimum Gasteiger partial charge on any atom is -0.467 e. The summed E-state index contributed by atoms with van der Waals surface area (Å²) >= 11 is 0. The van der Waals surface area contributed by atoms with E-state index in [0.717, 1.165) is 22.0 Å². The molecule has 1 aromatic heterocycles. The Morgan fingerprint density at radius 2 is 2.33 bits per heavy atom. The van der Waals surface area contributed by atoms with Gasteiger partial charge in [0, 0.05) is 29.7 Å². The molecule has 5 nitrogen and oxygen atoms in total. The fraction of sp³-hybridized carbons (Fsp3) is 0.263. The fourth-order valence-electron chi connectivity index (χ4n) is 2.74. The van der Waals surface area contributed by atoms with Crippen LogP contribution in [-0.4, -0.2) is 41.5 Å². The van der Waals surface area contributed by atoms with Gasteiger partial charge in [-0.3, -0.25) is 4.99 Å². The first-order chi connectivity index (χ1) is 11.7. The fourth-order valence-corrected chi connectivity index (χ4v) is 2.74. The molecule has 1 aliphatic carbocycles. The molecule has 0 aliphatic heterocycles. The molecule has 24 heavy (non-hydrogen) atoms. The van der Waals surface area contributed by atoms with Crippen molar-refractivity contribution >= 4 is 23.1 Å². The first kappa shape index (κ1) is 16.2. The van der Waals surface area contributed by atoms with Crippen molar-refractivity contribution in [2.45, 2.75) is 25.0 Å². The van der Waals surface area contributed by atoms with Gasteiger partial charge in [-0.1, -0.05) is 36.4 Å². The first-order valence-corrected chi connectivity index (χ1v) is 7.90. The molecular formula is C19H20N2O3. The van der Waals surface area contributed by atoms with Gasteiger partial charge in [-0.05, 0) is 23.6 Å². The van der Waals surface area contributed by atoms with E-state index in [0.29, 0.717) is 12.8 Å². The van der Waals surface area contributed by atoms with E-state index in [2.05, 4.69) is 9.98 Å². The second-order valence-electron chi connectivity index (χ2n) is 5.75. The molecule has 124 valence electrons. The quantitative estimate of drug-likeness (QED) is 0.656. The van der Waals surface area contributed by atoms with Crippen molar-refractivity contribution in [1.82, 2.24) is 4.98 Å². The summed E-state index contributed by atoms with van der Waals surface area (Å²) in [5.74, 6) is -0.364. The molecule has 1 heterocycles. The van der Waals surface area contributed by atoms with Crippen LogP contribution in [0.2, 0.25) is 0 Å². The Morgan fingerprint density at radius 3 is 3.08 bits per heavy atom. The normalized spacial score (nSPS) is 18.8. The van der Waals surface area contributed by atoms with Crippen molar-refractivity contribution in [3.05, 3.63) is 59.8 Å². The molecule has 0 saturated carbocycles. The Hall–Kier alpha value is -2.66. The molecule has 2 N–H and O–H groups in total. The van der Waals surface area contributed by atoms with E-state index < -0.39 is 12.1 Å². The summed E-state index contributed by atoms with van der Waals surface area (Å²) in [6.45, 7) is 0. The highest BCUT2D eigenvalue weighted by Gasteiger charge is 2.20. The van der Waals surface area contributed by atoms with Crippen molar-refractivity contribution in [2.24, 2.45) is 4.99 Å². The van der Waals surface area contributed by atoms with Crippen LogP contribution in [0.5, 0.6) is 0 Å². The number of carbonyl (C=O) groups is 1. The molecule has 0 saturated heterocycles. The first-order valence-electron chi connectivity index (χ1n) is 7.90. The molecule has 0 spiro atoms. The average molecular weight is 324 g/mol. The van der Waals surface area contributed by atoms with Crippen LogP contribution < -0.4 is 0 Å². The number of carbonyl (C=O) groups excluding carboxylic acids is 1. The molecule has 2 atom stereocenters. The van der Waals surface area contributed by atoms with Crippen molar-refractivity contribution in [1.29, 1.82) is 0 Å². The van der Waals surface area contributed by atoms with E-state index in [1.165, 1.54) is 7.11 Å². The number of benzene rings is 1. The number of hydrogen-bond donors (Lipinski definition) is 2. The third kappa shape index (κ3) is 3.63. The largest absolute Gasteiger partial charge is 0.467 e. The van der Waals surface area contributed by atoms with Crippen LogP contribution >= 0.6 is 0 Å². The van der Waals surface area contributed by atoms with Gasteiger partial charge in [0.25, 0.3) is 0 Å². The zero-order valence-electron chi connectivity index (χ0n) is 13.5. The second-order valence-corrected chi connectivity index (χ2v) is 5.75. The average Bonchev–Trinajstić information content (AvgIpc) is 3.02. The van der Waals surface area contributed by atoms with Crippen LogP contribution in [0.4, 0.5) is 0 Å². The Kier molecular flexibility index (Phi) is 4.91. The molecule has 1 unspecified atom stereocenters. The lowest BCUT2D eigenvalue weighted by Gasteiger charge is -2.11. The standard InChI is InChI=1S/C19H20N2O3/c1-24-19(23)18(20-11-13-6-8-15(22)9-7-13)10-14-12-21-17-5-3-2-4-16(14)17/h2-8,11-12,15,18,21-22H,9-10H2,1H3/t15?,18-/m0/s1. The van der Waals surface area contributed by atoms with E-state index >= 15 is 0 Å². The summed E-state index contributed by atoms with van der Waals surface area (Å²) in [4.78, 5) is 19.7. The number of nitrogens with one attached hydrogen (secondary N) is 1. The smallest absolute Gasteiger partial charge is 0.330 e. The van der Waals surface area contributed by atoms with Gasteiger partial charge in [-0.25, -0.2) is 4.79 Å². The lowest BCUT2D eigenvalue weighted by Crippen LogP contribution is -2.23. The SMILES string of the molecule is COC(=O)[C@H](Cc1c[nH]c2ccccc12)N=CC1=CCC(O)C=C1. The molecular weight excluding hydrogens is 304 g/mol. The number of aliphatic imine (C=N–C) groups is 1. The van der Waals surface area contributed by atoms with Crippen LogP contribution in [0, 0.1) is 0 Å². The summed E-state index contributed by atoms with van der Waals surface area (Å²) in [6, 6.07) is 7.36. The molecule has 0 bridgehead atoms. The number of rotatable bonds is 5. The van der Waals surface area contributed by atoms with E-state index in [1.807, 2.05) is 36.5 Å². The molecule has 1 aromatic carbocycles. The van der Waals surface area contributed by atoms with Crippen LogP contribution in [0.3, 0.4) is 0 Å². The molecule has 3 rings (SSSR count). The number of aliphatic hydroxyl groups excluding tert-OH is 1. The maximum atomic E-state index is 12.1. The Bertz CT molecular complexity index is 817. The number of fused-ring (bicyclic) bond motifs is 1. The number of para-hydroxylation sites is 1. The number of aromatic nitrogens is 1. The van der Waals surface area contributed by atoms with E-state index in [-0.39, 0.29) is 5.97 Å². The zero-order valence-corrected chi connectivity index (χ0v) is 13.5. The van der Waals surface area contributed by atoms with Crippen molar-refractivity contribution in [3.63, 3.8) is 0 Å². The van der Waals surface area contributed by atoms with E-state index in [1.54, 1.807) is 18.4 Å². The van der Waals surface area contributed by atoms with Gasteiger partial charge in [-0.2, -0.15) is 0 Å². The van der Waals surface area contributed by atoms with E-state index in [4.69, 9.17) is 4.74 Å². The summed E-state index contributed by atoms with van der Waals surface area (Å²) in [7, 11) is 1.37. The highest BCUT2D eigenvalue weighted by Crippen LogP contribution is 2.20. The number of esters is 1. The number of H-pyrrole nitrogens is 1. The van der Waals surface area contributed by atoms with Crippen LogP contribution in [-0.2, 0) is 16.0 Å². The molecule has 0 radical (unpaired) electrons. The predicted octanol–water partition coefficient (Wildman–Crippen LogP) is 2.57. The predicted molar refractivity (Wildman–Crippen MR) is 94.1 cm³/mol. The Labute approximate surface area is 140 Å². The summed E-state index contributed by atoms with van der Waals surface area (Å²) < 4.78 is 4.89. The van der Waals surface area contributed by atoms with Crippen molar-refractivity contribution in [3.8, 4) is 0 Å². The van der Waals surface area contributed by atoms with Gasteiger partial charge in [0.1, 0.15) is 0 Å². The minimum absolute atomic E-state index is 0.364. The number of nitrogens with zero attached hydrogens (tertiary/aromatic N) is 1. The minimum atomic E-state index is -0.602. The van der Waals surface area contributed by atoms with Crippen LogP contribution in [0.25, 0.3) is 10.9 Å². The van der Waals surface area contributed by atoms with Crippen molar-refractivity contribution in [2.75, 3.05) is 7.11 Å². The number of aliphatic hydroxyl groups is 1. The lowest BCUT2D eigenvalue weighted by atomic mass is 10.0. The van der Waals surface area contributed by atoms with Crippen molar-refractivity contribution < 1.29 is 14.6 Å². The maximum absolute atomic E-state index is 12.1. The Morgan fingerprint density at radius 1 is 1.50 bits per heavy atom. The molecule has 2 aromatic rings. The van der Waals surface area contributed by atoms with Gasteiger partial charge in [0.2, 0.25) is 0 Å².